The number of ether oxygens (including phenoxy) is 1. The summed E-state index contributed by atoms with van der Waals surface area (Å²) in [6.45, 7) is 1.87. The van der Waals surface area contributed by atoms with Gasteiger partial charge in [0.25, 0.3) is 0 Å². The molecule has 6 nitrogen and oxygen atoms in total. The predicted octanol–water partition coefficient (Wildman–Crippen LogP) is 3.79. The molecule has 1 atom stereocenters. The minimum atomic E-state index is -4.39. The van der Waals surface area contributed by atoms with Gasteiger partial charge in [0.2, 0.25) is 0 Å². The van der Waals surface area contributed by atoms with Crippen molar-refractivity contribution >= 4 is 5.84 Å². The van der Waals surface area contributed by atoms with E-state index in [2.05, 4.69) is 20.3 Å². The monoisotopic (exact) mass is 363 g/mol. The fraction of sp³-hybridized carbons (Fsp3) is 0.294. The van der Waals surface area contributed by atoms with Crippen LogP contribution in [0.4, 0.5) is 13.2 Å². The zero-order chi connectivity index (χ0) is 18.9. The first kappa shape index (κ1) is 17.8. The van der Waals surface area contributed by atoms with Crippen LogP contribution in [0.25, 0.3) is 0 Å². The Hall–Kier alpha value is -2.97. The summed E-state index contributed by atoms with van der Waals surface area (Å²) in [4.78, 5) is 8.46. The van der Waals surface area contributed by atoms with Crippen molar-refractivity contribution in [1.82, 2.24) is 4.98 Å². The topological polar surface area (TPSA) is 85.2 Å². The van der Waals surface area contributed by atoms with E-state index in [0.717, 1.165) is 17.7 Å². The lowest BCUT2D eigenvalue weighted by Crippen LogP contribution is -2.10. The molecule has 1 aromatic carbocycles. The number of nitrogens with zero attached hydrogens (tertiary/aromatic N) is 4. The summed E-state index contributed by atoms with van der Waals surface area (Å²) in [6.07, 6.45) is -4.58. The lowest BCUT2D eigenvalue weighted by Gasteiger charge is -2.12. The first-order valence-electron chi connectivity index (χ1n) is 7.75. The van der Waals surface area contributed by atoms with Crippen molar-refractivity contribution < 1.29 is 17.9 Å². The van der Waals surface area contributed by atoms with E-state index in [1.54, 1.807) is 6.07 Å². The van der Waals surface area contributed by atoms with E-state index < -0.39 is 17.8 Å². The van der Waals surface area contributed by atoms with E-state index in [4.69, 9.17) is 10.6 Å². The summed E-state index contributed by atoms with van der Waals surface area (Å²) in [5.74, 6) is 5.77. The molecule has 0 bridgehead atoms. The maximum absolute atomic E-state index is 12.9. The van der Waals surface area contributed by atoms with Gasteiger partial charge in [-0.25, -0.2) is 4.98 Å². The molecule has 2 aromatic rings. The summed E-state index contributed by atoms with van der Waals surface area (Å²) in [5, 5.41) is 6.95. The zero-order valence-corrected chi connectivity index (χ0v) is 14.1. The van der Waals surface area contributed by atoms with Gasteiger partial charge >= 0.3 is 6.18 Å². The molecule has 1 aromatic heterocycles. The van der Waals surface area contributed by atoms with E-state index in [-0.39, 0.29) is 5.84 Å². The van der Waals surface area contributed by atoms with Crippen LogP contribution in [0.15, 0.2) is 45.7 Å². The number of hydrogen-bond acceptors (Lipinski definition) is 4. The molecule has 0 amide bonds. The number of amidine groups is 1. The van der Waals surface area contributed by atoms with E-state index in [1.165, 1.54) is 13.1 Å². The predicted molar refractivity (Wildman–Crippen MR) is 89.0 cm³/mol. The highest BCUT2D eigenvalue weighted by molar-refractivity contribution is 5.97. The molecule has 0 spiro atoms. The zero-order valence-electron chi connectivity index (χ0n) is 14.1. The average Bonchev–Trinajstić information content (AvgIpc) is 3.01. The molecular weight excluding hydrogens is 347 g/mol. The highest BCUT2D eigenvalue weighted by Crippen LogP contribution is 2.40. The standard InChI is InChI=1S/C17H16F3N5O/c1-9-5-12(23-13(6-9)16(22-2)24-25-21)15-8-10-7-11(17(18,19)20)3-4-14(10)26-15/h3-7,15H,8H2,1-2H3,(H2,21,22,24)/t15-/m1/s1. The molecule has 2 heterocycles. The van der Waals surface area contributed by atoms with Crippen molar-refractivity contribution in [3.05, 3.63) is 58.4 Å². The molecule has 0 fully saturated rings. The summed E-state index contributed by atoms with van der Waals surface area (Å²) in [5.41, 5.74) is 1.74. The van der Waals surface area contributed by atoms with E-state index in [9.17, 15) is 13.2 Å². The number of hydrogen-bond donors (Lipinski definition) is 1. The van der Waals surface area contributed by atoms with Gasteiger partial charge in [-0.2, -0.15) is 13.2 Å². The van der Waals surface area contributed by atoms with Crippen LogP contribution in [0.1, 0.15) is 34.2 Å². The van der Waals surface area contributed by atoms with Gasteiger partial charge in [-0.15, -0.1) is 5.11 Å². The Morgan fingerprint density at radius 1 is 1.27 bits per heavy atom. The summed E-state index contributed by atoms with van der Waals surface area (Å²) in [7, 11) is 1.54. The number of halogens is 3. The Bertz CT molecular complexity index is 892. The number of benzene rings is 1. The van der Waals surface area contributed by atoms with E-state index in [0.29, 0.717) is 29.1 Å². The van der Waals surface area contributed by atoms with Gasteiger partial charge in [-0.3, -0.25) is 4.99 Å². The molecule has 136 valence electrons. The summed E-state index contributed by atoms with van der Waals surface area (Å²) >= 11 is 0. The number of pyridine rings is 1. The normalized spacial score (nSPS) is 17.4. The fourth-order valence-electron chi connectivity index (χ4n) is 2.83. The van der Waals surface area contributed by atoms with Gasteiger partial charge in [-0.05, 0) is 48.4 Å². The lowest BCUT2D eigenvalue weighted by molar-refractivity contribution is -0.137. The molecule has 2 N–H and O–H groups in total. The Morgan fingerprint density at radius 2 is 2.04 bits per heavy atom. The van der Waals surface area contributed by atoms with Crippen LogP contribution in [0, 0.1) is 6.92 Å². The van der Waals surface area contributed by atoms with E-state index >= 15 is 0 Å². The first-order chi connectivity index (χ1) is 12.3. The number of aromatic nitrogens is 1. The van der Waals surface area contributed by atoms with Crippen LogP contribution in [-0.2, 0) is 12.6 Å². The number of nitrogens with two attached hydrogens (primary N) is 1. The third-order valence-corrected chi connectivity index (χ3v) is 3.98. The minimum Gasteiger partial charge on any atom is -0.483 e. The molecule has 0 saturated heterocycles. The SMILES string of the molecule is CN=C(N=NN)c1cc(C)cc([C@H]2Cc3cc(C(F)(F)F)ccc3O2)n1. The highest BCUT2D eigenvalue weighted by Gasteiger charge is 2.34. The van der Waals surface area contributed by atoms with E-state index in [1.807, 2.05) is 13.0 Å². The second-order valence-corrected chi connectivity index (χ2v) is 5.85. The van der Waals surface area contributed by atoms with Gasteiger partial charge in [0.05, 0.1) is 11.3 Å². The third kappa shape index (κ3) is 3.51. The molecule has 0 radical (unpaired) electrons. The maximum atomic E-state index is 12.9. The van der Waals surface area contributed by atoms with Crippen LogP contribution >= 0.6 is 0 Å². The van der Waals surface area contributed by atoms with Crippen molar-refractivity contribution in [3.8, 4) is 5.75 Å². The van der Waals surface area contributed by atoms with Gasteiger partial charge in [0, 0.05) is 13.5 Å². The summed E-state index contributed by atoms with van der Waals surface area (Å²) < 4.78 is 44.5. The molecular formula is C17H16F3N5O. The number of fused-ring (bicyclic) bond motifs is 1. The lowest BCUT2D eigenvalue weighted by atomic mass is 10.0. The van der Waals surface area contributed by atoms with Crippen molar-refractivity contribution in [2.75, 3.05) is 7.05 Å². The Kier molecular flexibility index (Phi) is 4.62. The second-order valence-electron chi connectivity index (χ2n) is 5.85. The average molecular weight is 363 g/mol. The molecule has 9 heteroatoms. The minimum absolute atomic E-state index is 0.257. The number of alkyl halides is 3. The van der Waals surface area contributed by atoms with Gasteiger partial charge in [0.1, 0.15) is 17.5 Å². The highest BCUT2D eigenvalue weighted by atomic mass is 19.4. The number of aliphatic imine (C=N–C) groups is 1. The molecule has 0 saturated carbocycles. The Balaban J connectivity index is 1.92. The van der Waals surface area contributed by atoms with Crippen LogP contribution in [-0.4, -0.2) is 17.9 Å². The Labute approximate surface area is 147 Å². The van der Waals surface area contributed by atoms with Crippen LogP contribution < -0.4 is 10.6 Å². The largest absolute Gasteiger partial charge is 0.483 e. The molecule has 26 heavy (non-hydrogen) atoms. The molecule has 1 aliphatic rings. The third-order valence-electron chi connectivity index (χ3n) is 3.98. The number of aryl methyl sites for hydroxylation is 1. The van der Waals surface area contributed by atoms with Gasteiger partial charge < -0.3 is 10.6 Å². The maximum Gasteiger partial charge on any atom is 0.416 e. The van der Waals surface area contributed by atoms with Crippen molar-refractivity contribution in [2.24, 2.45) is 21.2 Å². The second kappa shape index (κ2) is 6.74. The smallest absolute Gasteiger partial charge is 0.416 e. The first-order valence-corrected chi connectivity index (χ1v) is 7.75. The van der Waals surface area contributed by atoms with Gasteiger partial charge in [0.15, 0.2) is 5.84 Å². The van der Waals surface area contributed by atoms with Crippen LogP contribution in [0.5, 0.6) is 5.75 Å². The van der Waals surface area contributed by atoms with Crippen molar-refractivity contribution in [2.45, 2.75) is 25.6 Å². The quantitative estimate of drug-likeness (QED) is 0.290. The van der Waals surface area contributed by atoms with Gasteiger partial charge in [-0.1, -0.05) is 5.22 Å². The van der Waals surface area contributed by atoms with Crippen molar-refractivity contribution in [1.29, 1.82) is 0 Å². The Morgan fingerprint density at radius 3 is 2.69 bits per heavy atom. The molecule has 1 aliphatic heterocycles. The molecule has 0 aliphatic carbocycles. The van der Waals surface area contributed by atoms with Crippen LogP contribution in [0.3, 0.4) is 0 Å². The van der Waals surface area contributed by atoms with Crippen molar-refractivity contribution in [3.63, 3.8) is 0 Å². The molecule has 0 unspecified atom stereocenters. The molecule has 3 rings (SSSR count). The summed E-state index contributed by atoms with van der Waals surface area (Å²) in [6, 6.07) is 7.06. The number of rotatable bonds is 2. The van der Waals surface area contributed by atoms with Crippen LogP contribution in [0.2, 0.25) is 0 Å². The fourth-order valence-corrected chi connectivity index (χ4v) is 2.83.